The molecule has 0 unspecified atom stereocenters. The fourth-order valence-electron chi connectivity index (χ4n) is 2.56. The minimum absolute atomic E-state index is 0.519. The van der Waals surface area contributed by atoms with Crippen molar-refractivity contribution >= 4 is 5.71 Å². The van der Waals surface area contributed by atoms with E-state index in [-0.39, 0.29) is 0 Å². The van der Waals surface area contributed by atoms with E-state index >= 15 is 0 Å². The Labute approximate surface area is 143 Å². The Morgan fingerprint density at radius 3 is 2.21 bits per heavy atom. The standard InChI is InChI=1S/C19H24N2O3/c1-21(2)11-10-15-12-17(23-3)18(24-4)13-16(15)19(20-22)14-8-6-5-7-9-14/h5-9,12-13,22H,10-11H2,1-4H3/b20-19-. The van der Waals surface area contributed by atoms with Gasteiger partial charge < -0.3 is 19.6 Å². The number of hydrogen-bond donors (Lipinski definition) is 1. The Balaban J connectivity index is 2.56. The lowest BCUT2D eigenvalue weighted by Gasteiger charge is -2.17. The van der Waals surface area contributed by atoms with Crippen LogP contribution in [0.3, 0.4) is 0 Å². The molecule has 2 aromatic rings. The summed E-state index contributed by atoms with van der Waals surface area (Å²) in [7, 11) is 7.27. The number of nitrogens with zero attached hydrogens (tertiary/aromatic N) is 2. The van der Waals surface area contributed by atoms with Gasteiger partial charge in [0.1, 0.15) is 5.71 Å². The SMILES string of the molecule is COc1cc(CCN(C)C)c(/C(=N\O)c2ccccc2)cc1OC. The summed E-state index contributed by atoms with van der Waals surface area (Å²) in [6.07, 6.45) is 0.800. The highest BCUT2D eigenvalue weighted by atomic mass is 16.5. The van der Waals surface area contributed by atoms with Gasteiger partial charge in [0.25, 0.3) is 0 Å². The van der Waals surface area contributed by atoms with Crippen molar-refractivity contribution in [1.82, 2.24) is 4.90 Å². The molecule has 0 atom stereocenters. The average molecular weight is 328 g/mol. The zero-order valence-electron chi connectivity index (χ0n) is 14.6. The third kappa shape index (κ3) is 4.06. The smallest absolute Gasteiger partial charge is 0.161 e. The summed E-state index contributed by atoms with van der Waals surface area (Å²) in [6, 6.07) is 13.4. The van der Waals surface area contributed by atoms with Gasteiger partial charge in [-0.1, -0.05) is 35.5 Å². The fourth-order valence-corrected chi connectivity index (χ4v) is 2.56. The van der Waals surface area contributed by atoms with Crippen LogP contribution in [0.4, 0.5) is 0 Å². The molecule has 0 amide bonds. The predicted molar refractivity (Wildman–Crippen MR) is 95.7 cm³/mol. The monoisotopic (exact) mass is 328 g/mol. The molecule has 0 bridgehead atoms. The van der Waals surface area contributed by atoms with Gasteiger partial charge in [-0.25, -0.2) is 0 Å². The molecule has 1 N–H and O–H groups in total. The topological polar surface area (TPSA) is 54.3 Å². The van der Waals surface area contributed by atoms with Crippen LogP contribution in [0.15, 0.2) is 47.6 Å². The molecule has 5 nitrogen and oxygen atoms in total. The Morgan fingerprint density at radius 1 is 1.04 bits per heavy atom. The van der Waals surface area contributed by atoms with Gasteiger partial charge in [-0.2, -0.15) is 0 Å². The molecule has 0 heterocycles. The van der Waals surface area contributed by atoms with E-state index in [0.717, 1.165) is 29.7 Å². The van der Waals surface area contributed by atoms with Crippen molar-refractivity contribution in [3.05, 3.63) is 59.2 Å². The molecular formula is C19H24N2O3. The van der Waals surface area contributed by atoms with Crippen LogP contribution in [0.25, 0.3) is 0 Å². The Hall–Kier alpha value is -2.53. The maximum Gasteiger partial charge on any atom is 0.161 e. The van der Waals surface area contributed by atoms with Gasteiger partial charge in [0.05, 0.1) is 14.2 Å². The van der Waals surface area contributed by atoms with E-state index in [0.29, 0.717) is 17.2 Å². The molecule has 5 heteroatoms. The summed E-state index contributed by atoms with van der Waals surface area (Å²) in [6.45, 7) is 0.871. The van der Waals surface area contributed by atoms with Crippen LogP contribution in [0.1, 0.15) is 16.7 Å². The van der Waals surface area contributed by atoms with Gasteiger partial charge in [0.2, 0.25) is 0 Å². The van der Waals surface area contributed by atoms with Crippen LogP contribution in [0.2, 0.25) is 0 Å². The summed E-state index contributed by atoms with van der Waals surface area (Å²) >= 11 is 0. The molecule has 2 aromatic carbocycles. The third-order valence-corrected chi connectivity index (χ3v) is 3.84. The number of oxime groups is 1. The fraction of sp³-hybridized carbons (Fsp3) is 0.316. The van der Waals surface area contributed by atoms with Crippen LogP contribution < -0.4 is 9.47 Å². The predicted octanol–water partition coefficient (Wildman–Crippen LogP) is 3.03. The minimum atomic E-state index is 0.519. The molecule has 2 rings (SSSR count). The van der Waals surface area contributed by atoms with Gasteiger partial charge >= 0.3 is 0 Å². The van der Waals surface area contributed by atoms with Crippen molar-refractivity contribution < 1.29 is 14.7 Å². The van der Waals surface area contributed by atoms with E-state index in [1.54, 1.807) is 14.2 Å². The summed E-state index contributed by atoms with van der Waals surface area (Å²) < 4.78 is 10.8. The Kier molecular flexibility index (Phi) is 6.21. The molecule has 128 valence electrons. The Morgan fingerprint density at radius 2 is 1.67 bits per heavy atom. The van der Waals surface area contributed by atoms with Crippen LogP contribution in [0.5, 0.6) is 11.5 Å². The summed E-state index contributed by atoms with van der Waals surface area (Å²) in [5, 5.41) is 13.2. The van der Waals surface area contributed by atoms with E-state index in [1.165, 1.54) is 0 Å². The Bertz CT molecular complexity index is 697. The van der Waals surface area contributed by atoms with Gasteiger partial charge in [-0.05, 0) is 38.2 Å². The van der Waals surface area contributed by atoms with Crippen molar-refractivity contribution in [2.75, 3.05) is 34.9 Å². The zero-order chi connectivity index (χ0) is 17.5. The molecule has 0 aromatic heterocycles. The first kappa shape index (κ1) is 17.8. The van der Waals surface area contributed by atoms with Crippen LogP contribution in [0, 0.1) is 0 Å². The number of hydrogen-bond acceptors (Lipinski definition) is 5. The first-order valence-electron chi connectivity index (χ1n) is 7.78. The van der Waals surface area contributed by atoms with E-state index in [1.807, 2.05) is 56.6 Å². The van der Waals surface area contributed by atoms with Crippen LogP contribution in [-0.4, -0.2) is 50.7 Å². The normalized spacial score (nSPS) is 11.6. The second-order valence-electron chi connectivity index (χ2n) is 5.73. The molecule has 24 heavy (non-hydrogen) atoms. The van der Waals surface area contributed by atoms with E-state index in [4.69, 9.17) is 9.47 Å². The molecule has 0 aliphatic carbocycles. The van der Waals surface area contributed by atoms with Crippen LogP contribution in [-0.2, 0) is 6.42 Å². The lowest BCUT2D eigenvalue weighted by Crippen LogP contribution is -2.17. The second kappa shape index (κ2) is 8.36. The van der Waals surface area contributed by atoms with Gasteiger partial charge in [-0.3, -0.25) is 0 Å². The molecule has 0 aliphatic heterocycles. The second-order valence-corrected chi connectivity index (χ2v) is 5.73. The van der Waals surface area contributed by atoms with E-state index in [2.05, 4.69) is 10.1 Å². The van der Waals surface area contributed by atoms with Crippen molar-refractivity contribution in [1.29, 1.82) is 0 Å². The quantitative estimate of drug-likeness (QED) is 0.482. The first-order chi connectivity index (χ1) is 11.6. The van der Waals surface area contributed by atoms with Crippen molar-refractivity contribution in [2.24, 2.45) is 5.16 Å². The van der Waals surface area contributed by atoms with Crippen molar-refractivity contribution in [3.63, 3.8) is 0 Å². The van der Waals surface area contributed by atoms with Gasteiger partial charge in [-0.15, -0.1) is 0 Å². The lowest BCUT2D eigenvalue weighted by molar-refractivity contribution is 0.319. The van der Waals surface area contributed by atoms with Crippen molar-refractivity contribution in [3.8, 4) is 11.5 Å². The maximum atomic E-state index is 9.63. The number of methoxy groups -OCH3 is 2. The minimum Gasteiger partial charge on any atom is -0.493 e. The van der Waals surface area contributed by atoms with Crippen molar-refractivity contribution in [2.45, 2.75) is 6.42 Å². The number of rotatable bonds is 7. The molecule has 0 radical (unpaired) electrons. The molecule has 0 aliphatic rings. The van der Waals surface area contributed by atoms with Crippen LogP contribution >= 0.6 is 0 Å². The first-order valence-corrected chi connectivity index (χ1v) is 7.78. The largest absolute Gasteiger partial charge is 0.493 e. The number of likely N-dealkylation sites (N-methyl/N-ethyl adjacent to an activating group) is 1. The van der Waals surface area contributed by atoms with Gasteiger partial charge in [0, 0.05) is 17.7 Å². The maximum absolute atomic E-state index is 9.63. The van der Waals surface area contributed by atoms with Gasteiger partial charge in [0.15, 0.2) is 11.5 Å². The average Bonchev–Trinajstić information content (AvgIpc) is 2.61. The highest BCUT2D eigenvalue weighted by molar-refractivity contribution is 6.13. The van der Waals surface area contributed by atoms with E-state index < -0.39 is 0 Å². The highest BCUT2D eigenvalue weighted by Crippen LogP contribution is 2.32. The highest BCUT2D eigenvalue weighted by Gasteiger charge is 2.17. The lowest BCUT2D eigenvalue weighted by atomic mass is 9.95. The third-order valence-electron chi connectivity index (χ3n) is 3.84. The molecule has 0 saturated heterocycles. The zero-order valence-corrected chi connectivity index (χ0v) is 14.6. The summed E-state index contributed by atoms with van der Waals surface area (Å²) in [4.78, 5) is 2.11. The number of ether oxygens (including phenoxy) is 2. The summed E-state index contributed by atoms with van der Waals surface area (Å²) in [5.41, 5.74) is 3.24. The van der Waals surface area contributed by atoms with E-state index in [9.17, 15) is 5.21 Å². The number of benzene rings is 2. The molecule has 0 spiro atoms. The molecule has 0 fully saturated rings. The molecule has 0 saturated carbocycles. The molecular weight excluding hydrogens is 304 g/mol. The summed E-state index contributed by atoms with van der Waals surface area (Å²) in [5.74, 6) is 1.28.